The summed E-state index contributed by atoms with van der Waals surface area (Å²) in [6.45, 7) is 4.26. The number of aliphatic hydroxyl groups excluding tert-OH is 1. The third kappa shape index (κ3) is 3.63. The molecule has 1 saturated carbocycles. The van der Waals surface area contributed by atoms with Crippen molar-refractivity contribution in [3.8, 4) is 0 Å². The average Bonchev–Trinajstić information content (AvgIpc) is 3.26. The van der Waals surface area contributed by atoms with Gasteiger partial charge in [-0.15, -0.1) is 0 Å². The molecule has 116 valence electrons. The van der Waals surface area contributed by atoms with Crippen LogP contribution in [0.15, 0.2) is 30.3 Å². The number of carbonyl (C=O) groups is 1. The van der Waals surface area contributed by atoms with E-state index in [9.17, 15) is 9.90 Å². The fraction of sp³-hybridized carbons (Fsp3) is 0.588. The van der Waals surface area contributed by atoms with Crippen molar-refractivity contribution in [2.75, 3.05) is 6.54 Å². The highest BCUT2D eigenvalue weighted by Crippen LogP contribution is 2.54. The van der Waals surface area contributed by atoms with Gasteiger partial charge in [-0.25, -0.2) is 0 Å². The minimum atomic E-state index is -0.831. The van der Waals surface area contributed by atoms with Crippen LogP contribution in [0.2, 0.25) is 0 Å². The van der Waals surface area contributed by atoms with Gasteiger partial charge < -0.3 is 16.2 Å². The zero-order valence-electron chi connectivity index (χ0n) is 12.9. The summed E-state index contributed by atoms with van der Waals surface area (Å²) in [6.07, 6.45) is 2.86. The molecule has 2 rings (SSSR count). The van der Waals surface area contributed by atoms with Crippen LogP contribution in [0.4, 0.5) is 0 Å². The molecular formula is C17H26N2O2. The van der Waals surface area contributed by atoms with Crippen molar-refractivity contribution in [3.63, 3.8) is 0 Å². The van der Waals surface area contributed by atoms with E-state index in [0.717, 1.165) is 24.8 Å². The van der Waals surface area contributed by atoms with Crippen LogP contribution in [0.5, 0.6) is 0 Å². The molecular weight excluding hydrogens is 264 g/mol. The van der Waals surface area contributed by atoms with Gasteiger partial charge in [-0.1, -0.05) is 43.7 Å². The Morgan fingerprint density at radius 3 is 2.57 bits per heavy atom. The van der Waals surface area contributed by atoms with Crippen molar-refractivity contribution >= 4 is 5.91 Å². The molecule has 2 atom stereocenters. The SMILES string of the molecule is CCCC(C)(N)C(=O)NCC1(C(O)c2ccccc2)CC1. The second-order valence-electron chi connectivity index (χ2n) is 6.53. The molecule has 21 heavy (non-hydrogen) atoms. The summed E-state index contributed by atoms with van der Waals surface area (Å²) in [4.78, 5) is 12.2. The van der Waals surface area contributed by atoms with Gasteiger partial charge in [0.15, 0.2) is 0 Å². The summed E-state index contributed by atoms with van der Waals surface area (Å²) in [7, 11) is 0. The number of hydrogen-bond donors (Lipinski definition) is 3. The van der Waals surface area contributed by atoms with Crippen LogP contribution in [0.25, 0.3) is 0 Å². The van der Waals surface area contributed by atoms with Crippen molar-refractivity contribution in [3.05, 3.63) is 35.9 Å². The maximum atomic E-state index is 12.2. The smallest absolute Gasteiger partial charge is 0.239 e. The fourth-order valence-electron chi connectivity index (χ4n) is 2.79. The molecule has 4 heteroatoms. The Bertz CT molecular complexity index is 481. The van der Waals surface area contributed by atoms with Crippen LogP contribution in [0, 0.1) is 5.41 Å². The number of carbonyl (C=O) groups excluding carboxylic acids is 1. The quantitative estimate of drug-likeness (QED) is 0.720. The first-order chi connectivity index (χ1) is 9.91. The monoisotopic (exact) mass is 290 g/mol. The van der Waals surface area contributed by atoms with Gasteiger partial charge in [0.25, 0.3) is 0 Å². The van der Waals surface area contributed by atoms with E-state index in [1.165, 1.54) is 0 Å². The molecule has 4 N–H and O–H groups in total. The Morgan fingerprint density at radius 1 is 1.43 bits per heavy atom. The van der Waals surface area contributed by atoms with Gasteiger partial charge in [-0.3, -0.25) is 4.79 Å². The van der Waals surface area contributed by atoms with Gasteiger partial charge in [0, 0.05) is 12.0 Å². The first-order valence-electron chi connectivity index (χ1n) is 7.71. The summed E-state index contributed by atoms with van der Waals surface area (Å²) in [6, 6.07) is 9.63. The van der Waals surface area contributed by atoms with E-state index in [4.69, 9.17) is 5.73 Å². The number of nitrogens with two attached hydrogens (primary N) is 1. The van der Waals surface area contributed by atoms with Crippen molar-refractivity contribution in [1.82, 2.24) is 5.32 Å². The fourth-order valence-corrected chi connectivity index (χ4v) is 2.79. The Balaban J connectivity index is 1.95. The number of benzene rings is 1. The summed E-state index contributed by atoms with van der Waals surface area (Å²) in [5.41, 5.74) is 5.89. The molecule has 0 bridgehead atoms. The van der Waals surface area contributed by atoms with E-state index in [1.54, 1.807) is 6.92 Å². The third-order valence-corrected chi connectivity index (χ3v) is 4.48. The van der Waals surface area contributed by atoms with E-state index < -0.39 is 11.6 Å². The molecule has 2 unspecified atom stereocenters. The molecule has 4 nitrogen and oxygen atoms in total. The van der Waals surface area contributed by atoms with Crippen molar-refractivity contribution in [2.24, 2.45) is 11.1 Å². The lowest BCUT2D eigenvalue weighted by Gasteiger charge is -2.27. The first kappa shape index (κ1) is 16.0. The number of rotatable bonds is 7. The van der Waals surface area contributed by atoms with E-state index >= 15 is 0 Å². The minimum absolute atomic E-state index is 0.129. The standard InChI is InChI=1S/C17H26N2O2/c1-3-9-16(2,18)15(21)19-12-17(10-11-17)14(20)13-7-5-4-6-8-13/h4-8,14,20H,3,9-12,18H2,1-2H3,(H,19,21). The van der Waals surface area contributed by atoms with Crippen LogP contribution in [0.1, 0.15) is 51.2 Å². The summed E-state index contributed by atoms with van der Waals surface area (Å²) in [5, 5.41) is 13.5. The molecule has 0 aromatic heterocycles. The molecule has 0 spiro atoms. The van der Waals surface area contributed by atoms with Crippen molar-refractivity contribution in [1.29, 1.82) is 0 Å². The largest absolute Gasteiger partial charge is 0.388 e. The molecule has 1 fully saturated rings. The van der Waals surface area contributed by atoms with E-state index in [0.29, 0.717) is 13.0 Å². The molecule has 0 aliphatic heterocycles. The van der Waals surface area contributed by atoms with Crippen LogP contribution in [0.3, 0.4) is 0 Å². The van der Waals surface area contributed by atoms with Gasteiger partial charge >= 0.3 is 0 Å². The van der Waals surface area contributed by atoms with Gasteiger partial charge in [-0.05, 0) is 31.7 Å². The lowest BCUT2D eigenvalue weighted by molar-refractivity contribution is -0.126. The Kier molecular flexibility index (Phi) is 4.69. The lowest BCUT2D eigenvalue weighted by atomic mass is 9.91. The van der Waals surface area contributed by atoms with Crippen LogP contribution in [-0.4, -0.2) is 23.1 Å². The summed E-state index contributed by atoms with van der Waals surface area (Å²) in [5.74, 6) is -0.129. The van der Waals surface area contributed by atoms with Crippen molar-refractivity contribution in [2.45, 2.75) is 51.2 Å². The van der Waals surface area contributed by atoms with E-state index in [-0.39, 0.29) is 11.3 Å². The second-order valence-corrected chi connectivity index (χ2v) is 6.53. The zero-order valence-corrected chi connectivity index (χ0v) is 12.9. The van der Waals surface area contributed by atoms with Gasteiger partial charge in [0.2, 0.25) is 5.91 Å². The maximum Gasteiger partial charge on any atom is 0.239 e. The minimum Gasteiger partial charge on any atom is -0.388 e. The van der Waals surface area contributed by atoms with Gasteiger partial charge in [0.1, 0.15) is 0 Å². The Labute approximate surface area is 126 Å². The van der Waals surface area contributed by atoms with E-state index in [1.807, 2.05) is 37.3 Å². The molecule has 1 aromatic rings. The number of aliphatic hydroxyl groups is 1. The highest BCUT2D eigenvalue weighted by atomic mass is 16.3. The number of hydrogen-bond acceptors (Lipinski definition) is 3. The highest BCUT2D eigenvalue weighted by Gasteiger charge is 2.49. The molecule has 0 heterocycles. The maximum absolute atomic E-state index is 12.2. The van der Waals surface area contributed by atoms with Crippen molar-refractivity contribution < 1.29 is 9.90 Å². The number of amides is 1. The van der Waals surface area contributed by atoms with Gasteiger partial charge in [0.05, 0.1) is 11.6 Å². The normalized spacial score (nSPS) is 20.4. The zero-order chi connectivity index (χ0) is 15.5. The molecule has 1 amide bonds. The second kappa shape index (κ2) is 6.16. The predicted molar refractivity (Wildman–Crippen MR) is 83.6 cm³/mol. The molecule has 1 aromatic carbocycles. The highest BCUT2D eigenvalue weighted by molar-refractivity contribution is 5.85. The van der Waals surface area contributed by atoms with Crippen LogP contribution < -0.4 is 11.1 Å². The first-order valence-corrected chi connectivity index (χ1v) is 7.71. The lowest BCUT2D eigenvalue weighted by Crippen LogP contribution is -2.52. The topological polar surface area (TPSA) is 75.4 Å². The van der Waals surface area contributed by atoms with Crippen LogP contribution in [-0.2, 0) is 4.79 Å². The summed E-state index contributed by atoms with van der Waals surface area (Å²) >= 11 is 0. The molecule has 1 aliphatic rings. The molecule has 0 radical (unpaired) electrons. The Morgan fingerprint density at radius 2 is 2.05 bits per heavy atom. The third-order valence-electron chi connectivity index (χ3n) is 4.48. The summed E-state index contributed by atoms with van der Waals surface area (Å²) < 4.78 is 0. The van der Waals surface area contributed by atoms with E-state index in [2.05, 4.69) is 5.32 Å². The van der Waals surface area contributed by atoms with Gasteiger partial charge in [-0.2, -0.15) is 0 Å². The molecule has 1 aliphatic carbocycles. The molecule has 0 saturated heterocycles. The van der Waals surface area contributed by atoms with Crippen LogP contribution >= 0.6 is 0 Å². The number of nitrogens with one attached hydrogen (secondary N) is 1. The average molecular weight is 290 g/mol. The predicted octanol–water partition coefficient (Wildman–Crippen LogP) is 2.13. The Hall–Kier alpha value is -1.39.